The summed E-state index contributed by atoms with van der Waals surface area (Å²) in [4.78, 5) is 4.50. The molecule has 0 amide bonds. The molecule has 0 radical (unpaired) electrons. The second-order valence-electron chi connectivity index (χ2n) is 11.4. The van der Waals surface area contributed by atoms with Crippen molar-refractivity contribution in [3.63, 3.8) is 0 Å². The number of hydrogen-bond donors (Lipinski definition) is 0. The molecule has 4 nitrogen and oxygen atoms in total. The number of anilines is 6. The summed E-state index contributed by atoms with van der Waals surface area (Å²) in [6.07, 6.45) is 0. The average molecular weight is 593 g/mol. The average Bonchev–Trinajstić information content (AvgIpc) is 3.65. The SMILES string of the molecule is c1ccc(N(c2ccccc2)c2ccc3c(c2)oc2cc4c(cc23)oc2cc(N(c3ccccc3)c3ccccc3)ccc24)cc1. The summed E-state index contributed by atoms with van der Waals surface area (Å²) in [5.74, 6) is 0. The minimum atomic E-state index is 0.838. The Labute approximate surface area is 265 Å². The highest BCUT2D eigenvalue weighted by Crippen LogP contribution is 2.42. The largest absolute Gasteiger partial charge is 0.456 e. The minimum absolute atomic E-state index is 0.838. The summed E-state index contributed by atoms with van der Waals surface area (Å²) in [7, 11) is 0. The summed E-state index contributed by atoms with van der Waals surface area (Å²) in [5.41, 5.74) is 9.78. The van der Waals surface area contributed by atoms with Crippen LogP contribution < -0.4 is 9.80 Å². The van der Waals surface area contributed by atoms with Gasteiger partial charge in [-0.1, -0.05) is 72.8 Å². The molecular formula is C42H28N2O2. The Morgan fingerprint density at radius 1 is 0.261 bits per heavy atom. The lowest BCUT2D eigenvalue weighted by atomic mass is 10.1. The molecule has 0 aliphatic rings. The third kappa shape index (κ3) is 4.39. The number of fused-ring (bicyclic) bond motifs is 6. The monoisotopic (exact) mass is 592 g/mol. The highest BCUT2D eigenvalue weighted by atomic mass is 16.3. The highest BCUT2D eigenvalue weighted by Gasteiger charge is 2.19. The predicted octanol–water partition coefficient (Wildman–Crippen LogP) is 12.4. The molecule has 7 aromatic carbocycles. The minimum Gasteiger partial charge on any atom is -0.456 e. The van der Waals surface area contributed by atoms with Crippen LogP contribution in [0.1, 0.15) is 0 Å². The van der Waals surface area contributed by atoms with Gasteiger partial charge in [-0.3, -0.25) is 0 Å². The van der Waals surface area contributed by atoms with Gasteiger partial charge in [0.05, 0.1) is 0 Å². The fourth-order valence-corrected chi connectivity index (χ4v) is 6.50. The first kappa shape index (κ1) is 26.2. The molecule has 0 saturated carbocycles. The van der Waals surface area contributed by atoms with Crippen LogP contribution in [0, 0.1) is 0 Å². The van der Waals surface area contributed by atoms with E-state index in [0.29, 0.717) is 0 Å². The van der Waals surface area contributed by atoms with E-state index >= 15 is 0 Å². The molecule has 9 aromatic rings. The van der Waals surface area contributed by atoms with Crippen LogP contribution in [-0.2, 0) is 0 Å². The zero-order valence-corrected chi connectivity index (χ0v) is 24.9. The third-order valence-electron chi connectivity index (χ3n) is 8.61. The van der Waals surface area contributed by atoms with Gasteiger partial charge in [0, 0.05) is 67.8 Å². The molecule has 2 heterocycles. The molecule has 0 fully saturated rings. The number of para-hydroxylation sites is 4. The van der Waals surface area contributed by atoms with Crippen molar-refractivity contribution < 1.29 is 8.83 Å². The maximum absolute atomic E-state index is 6.54. The van der Waals surface area contributed by atoms with Gasteiger partial charge in [-0.25, -0.2) is 0 Å². The second-order valence-corrected chi connectivity index (χ2v) is 11.4. The van der Waals surface area contributed by atoms with Crippen molar-refractivity contribution in [2.45, 2.75) is 0 Å². The first-order valence-corrected chi connectivity index (χ1v) is 15.4. The van der Waals surface area contributed by atoms with E-state index in [9.17, 15) is 0 Å². The van der Waals surface area contributed by atoms with E-state index in [-0.39, 0.29) is 0 Å². The van der Waals surface area contributed by atoms with Gasteiger partial charge in [0.1, 0.15) is 22.3 Å². The summed E-state index contributed by atoms with van der Waals surface area (Å²) in [6.45, 7) is 0. The Balaban J connectivity index is 1.15. The zero-order chi connectivity index (χ0) is 30.5. The normalized spacial score (nSPS) is 11.5. The second kappa shape index (κ2) is 10.7. The van der Waals surface area contributed by atoms with Gasteiger partial charge in [0.2, 0.25) is 0 Å². The van der Waals surface area contributed by atoms with E-state index in [1.54, 1.807) is 0 Å². The Morgan fingerprint density at radius 2 is 0.565 bits per heavy atom. The van der Waals surface area contributed by atoms with Crippen molar-refractivity contribution in [3.05, 3.63) is 170 Å². The van der Waals surface area contributed by atoms with Crippen molar-refractivity contribution in [1.29, 1.82) is 0 Å². The van der Waals surface area contributed by atoms with Crippen LogP contribution >= 0.6 is 0 Å². The number of nitrogens with zero attached hydrogens (tertiary/aromatic N) is 2. The first-order valence-electron chi connectivity index (χ1n) is 15.4. The summed E-state index contributed by atoms with van der Waals surface area (Å²) in [5, 5.41) is 4.19. The standard InChI is InChI=1S/C42H28N2O2/c1-5-13-29(14-6-1)43(30-15-7-2-8-16-30)33-21-23-35-37-27-42-38(28-41(37)45-39(35)25-33)36-24-22-34(26-40(36)46-42)44(31-17-9-3-10-18-31)32-19-11-4-12-20-32/h1-28H. The molecule has 0 aliphatic carbocycles. The molecule has 0 bridgehead atoms. The molecule has 4 heteroatoms. The van der Waals surface area contributed by atoms with Gasteiger partial charge in [-0.15, -0.1) is 0 Å². The molecule has 9 rings (SSSR count). The van der Waals surface area contributed by atoms with E-state index < -0.39 is 0 Å². The van der Waals surface area contributed by atoms with Crippen molar-refractivity contribution in [2.75, 3.05) is 9.80 Å². The van der Waals surface area contributed by atoms with Crippen molar-refractivity contribution in [1.82, 2.24) is 0 Å². The maximum Gasteiger partial charge on any atom is 0.137 e. The van der Waals surface area contributed by atoms with Gasteiger partial charge >= 0.3 is 0 Å². The van der Waals surface area contributed by atoms with E-state index in [1.807, 2.05) is 24.3 Å². The van der Waals surface area contributed by atoms with Gasteiger partial charge in [-0.05, 0) is 84.9 Å². The van der Waals surface area contributed by atoms with E-state index in [0.717, 1.165) is 78.0 Å². The molecular weight excluding hydrogens is 564 g/mol. The zero-order valence-electron chi connectivity index (χ0n) is 24.9. The Bertz CT molecular complexity index is 2210. The fourth-order valence-electron chi connectivity index (χ4n) is 6.50. The molecule has 0 unspecified atom stereocenters. The van der Waals surface area contributed by atoms with Gasteiger partial charge < -0.3 is 18.6 Å². The Kier molecular flexibility index (Phi) is 6.10. The van der Waals surface area contributed by atoms with Crippen LogP contribution in [0.4, 0.5) is 34.1 Å². The lowest BCUT2D eigenvalue weighted by Gasteiger charge is -2.25. The van der Waals surface area contributed by atoms with Crippen LogP contribution in [-0.4, -0.2) is 0 Å². The van der Waals surface area contributed by atoms with E-state index in [1.165, 1.54) is 0 Å². The molecule has 0 atom stereocenters. The molecule has 0 saturated heterocycles. The van der Waals surface area contributed by atoms with E-state index in [2.05, 4.69) is 155 Å². The van der Waals surface area contributed by atoms with Crippen LogP contribution in [0.5, 0.6) is 0 Å². The molecule has 46 heavy (non-hydrogen) atoms. The number of hydrogen-bond acceptors (Lipinski definition) is 4. The third-order valence-corrected chi connectivity index (χ3v) is 8.61. The van der Waals surface area contributed by atoms with Crippen LogP contribution in [0.2, 0.25) is 0 Å². The lowest BCUT2D eigenvalue weighted by molar-refractivity contribution is 0.664. The molecule has 218 valence electrons. The van der Waals surface area contributed by atoms with Crippen molar-refractivity contribution in [2.24, 2.45) is 0 Å². The summed E-state index contributed by atoms with van der Waals surface area (Å²) in [6, 6.07) is 58.8. The molecule has 0 N–H and O–H groups in total. The highest BCUT2D eigenvalue weighted by molar-refractivity contribution is 6.15. The van der Waals surface area contributed by atoms with Crippen molar-refractivity contribution in [3.8, 4) is 0 Å². The number of rotatable bonds is 6. The first-order chi connectivity index (χ1) is 22.8. The maximum atomic E-state index is 6.54. The van der Waals surface area contributed by atoms with E-state index in [4.69, 9.17) is 8.83 Å². The van der Waals surface area contributed by atoms with Gasteiger partial charge in [0.25, 0.3) is 0 Å². The quantitative estimate of drug-likeness (QED) is 0.192. The molecule has 0 spiro atoms. The van der Waals surface area contributed by atoms with Crippen LogP contribution in [0.25, 0.3) is 43.9 Å². The molecule has 0 aliphatic heterocycles. The number of benzene rings is 7. The smallest absolute Gasteiger partial charge is 0.137 e. The Hall–Kier alpha value is -6.26. The number of furan rings is 2. The summed E-state index contributed by atoms with van der Waals surface area (Å²) < 4.78 is 13.1. The topological polar surface area (TPSA) is 32.8 Å². The predicted molar refractivity (Wildman–Crippen MR) is 190 cm³/mol. The summed E-state index contributed by atoms with van der Waals surface area (Å²) >= 11 is 0. The Morgan fingerprint density at radius 3 is 0.891 bits per heavy atom. The van der Waals surface area contributed by atoms with Crippen LogP contribution in [0.15, 0.2) is 179 Å². The van der Waals surface area contributed by atoms with Crippen LogP contribution in [0.3, 0.4) is 0 Å². The van der Waals surface area contributed by atoms with Gasteiger partial charge in [-0.2, -0.15) is 0 Å². The lowest BCUT2D eigenvalue weighted by Crippen LogP contribution is -2.09. The van der Waals surface area contributed by atoms with Crippen molar-refractivity contribution >= 4 is 78.0 Å². The van der Waals surface area contributed by atoms with Gasteiger partial charge in [0.15, 0.2) is 0 Å². The fraction of sp³-hybridized carbons (Fsp3) is 0. The molecule has 2 aromatic heterocycles.